The average molecular weight is 378 g/mol. The minimum Gasteiger partial charge on any atom is -0.544 e. The molecule has 1 rings (SSSR count). The average Bonchev–Trinajstić information content (AvgIpc) is 2.59. The van der Waals surface area contributed by atoms with E-state index in [4.69, 9.17) is 14.6 Å². The Labute approximate surface area is 149 Å². The van der Waals surface area contributed by atoms with Gasteiger partial charge in [-0.3, -0.25) is 4.79 Å². The molecule has 0 aromatic rings. The number of aliphatic carboxylic acids is 1. The van der Waals surface area contributed by atoms with Gasteiger partial charge in [-0.25, -0.2) is 0 Å². The van der Waals surface area contributed by atoms with E-state index in [1.165, 1.54) is 6.92 Å². The molecule has 0 aromatic carbocycles. The third kappa shape index (κ3) is 5.19. The summed E-state index contributed by atoms with van der Waals surface area (Å²) in [5.41, 5.74) is 0. The molecular formula is C15H24NO10-. The second kappa shape index (κ2) is 9.35. The molecule has 0 spiro atoms. The first-order valence-corrected chi connectivity index (χ1v) is 7.96. The van der Waals surface area contributed by atoms with E-state index in [1.54, 1.807) is 0 Å². The van der Waals surface area contributed by atoms with Crippen LogP contribution in [0.5, 0.6) is 0 Å². The van der Waals surface area contributed by atoms with Crippen LogP contribution in [0.1, 0.15) is 26.2 Å². The first-order chi connectivity index (χ1) is 12.1. The molecule has 1 fully saturated rings. The SMILES string of the molecule is CO[C@]1(C(=O)[O-])C[C@H](O)[C@@H](NC(=O)CCC(C)=O)C([C@H](O)[C@H](O)CO)O1. The van der Waals surface area contributed by atoms with Crippen molar-refractivity contribution < 1.29 is 49.4 Å². The Morgan fingerprint density at radius 3 is 2.42 bits per heavy atom. The van der Waals surface area contributed by atoms with E-state index in [0.29, 0.717) is 0 Å². The quantitative estimate of drug-likeness (QED) is 0.263. The predicted octanol–water partition coefficient (Wildman–Crippen LogP) is -4.20. The highest BCUT2D eigenvalue weighted by atomic mass is 16.7. The number of carbonyl (C=O) groups is 3. The molecule has 150 valence electrons. The van der Waals surface area contributed by atoms with Gasteiger partial charge in [0, 0.05) is 26.4 Å². The molecule has 1 heterocycles. The Balaban J connectivity index is 3.06. The first-order valence-electron chi connectivity index (χ1n) is 7.96. The zero-order chi connectivity index (χ0) is 20.1. The number of Topliss-reactive ketones (excluding diaryl/α,β-unsaturated/α-hetero) is 1. The lowest BCUT2D eigenvalue weighted by molar-refractivity contribution is -0.378. The number of carboxylic acid groups (broad SMARTS) is 1. The van der Waals surface area contributed by atoms with Gasteiger partial charge in [0.25, 0.3) is 0 Å². The predicted molar refractivity (Wildman–Crippen MR) is 81.2 cm³/mol. The number of ketones is 1. The van der Waals surface area contributed by atoms with Crippen LogP contribution in [0, 0.1) is 0 Å². The number of aliphatic hydroxyl groups excluding tert-OH is 4. The van der Waals surface area contributed by atoms with E-state index in [-0.39, 0.29) is 18.6 Å². The van der Waals surface area contributed by atoms with E-state index < -0.39 is 61.1 Å². The molecule has 11 heteroatoms. The molecule has 26 heavy (non-hydrogen) atoms. The third-order valence-electron chi connectivity index (χ3n) is 4.16. The molecule has 11 nitrogen and oxygen atoms in total. The fourth-order valence-corrected chi connectivity index (χ4v) is 2.64. The summed E-state index contributed by atoms with van der Waals surface area (Å²) in [6.07, 6.45) is -7.65. The molecular weight excluding hydrogens is 354 g/mol. The molecule has 1 aliphatic rings. The van der Waals surface area contributed by atoms with Crippen LogP contribution >= 0.6 is 0 Å². The van der Waals surface area contributed by atoms with Crippen LogP contribution in [-0.4, -0.2) is 88.0 Å². The minimum atomic E-state index is -2.42. The largest absolute Gasteiger partial charge is 0.544 e. The maximum absolute atomic E-state index is 12.0. The van der Waals surface area contributed by atoms with Gasteiger partial charge >= 0.3 is 0 Å². The highest BCUT2D eigenvalue weighted by molar-refractivity contribution is 5.83. The summed E-state index contributed by atoms with van der Waals surface area (Å²) >= 11 is 0. The summed E-state index contributed by atoms with van der Waals surface area (Å²) in [6, 6.07) is -1.33. The van der Waals surface area contributed by atoms with Gasteiger partial charge in [-0.1, -0.05) is 0 Å². The molecule has 0 aliphatic carbocycles. The van der Waals surface area contributed by atoms with Crippen molar-refractivity contribution in [2.75, 3.05) is 13.7 Å². The van der Waals surface area contributed by atoms with Gasteiger partial charge in [0.1, 0.15) is 30.1 Å². The molecule has 6 atom stereocenters. The summed E-state index contributed by atoms with van der Waals surface area (Å²) in [6.45, 7) is 0.413. The number of hydrogen-bond donors (Lipinski definition) is 5. The molecule has 1 aliphatic heterocycles. The van der Waals surface area contributed by atoms with Crippen LogP contribution in [0.4, 0.5) is 0 Å². The molecule has 0 aromatic heterocycles. The van der Waals surface area contributed by atoms with Gasteiger partial charge in [-0.2, -0.15) is 0 Å². The molecule has 0 bridgehead atoms. The zero-order valence-corrected chi connectivity index (χ0v) is 14.5. The lowest BCUT2D eigenvalue weighted by Gasteiger charge is -2.48. The van der Waals surface area contributed by atoms with Crippen molar-refractivity contribution in [3.63, 3.8) is 0 Å². The fraction of sp³-hybridized carbons (Fsp3) is 0.800. The van der Waals surface area contributed by atoms with Crippen LogP contribution in [0.25, 0.3) is 0 Å². The van der Waals surface area contributed by atoms with E-state index in [9.17, 15) is 34.8 Å². The first kappa shape index (κ1) is 22.4. The fourth-order valence-electron chi connectivity index (χ4n) is 2.64. The van der Waals surface area contributed by atoms with Gasteiger partial charge in [0.05, 0.1) is 18.8 Å². The van der Waals surface area contributed by atoms with Crippen molar-refractivity contribution in [1.29, 1.82) is 0 Å². The van der Waals surface area contributed by atoms with E-state index >= 15 is 0 Å². The van der Waals surface area contributed by atoms with Crippen molar-refractivity contribution >= 4 is 17.7 Å². The van der Waals surface area contributed by atoms with Crippen LogP contribution in [0.3, 0.4) is 0 Å². The minimum absolute atomic E-state index is 0.0525. The van der Waals surface area contributed by atoms with Crippen molar-refractivity contribution in [1.82, 2.24) is 5.32 Å². The van der Waals surface area contributed by atoms with Gasteiger partial charge in [-0.05, 0) is 6.92 Å². The Bertz CT molecular complexity index is 527. The number of amides is 1. The number of nitrogens with one attached hydrogen (secondary N) is 1. The van der Waals surface area contributed by atoms with Crippen molar-refractivity contribution in [3.8, 4) is 0 Å². The van der Waals surface area contributed by atoms with Crippen molar-refractivity contribution in [3.05, 3.63) is 0 Å². The van der Waals surface area contributed by atoms with Gasteiger partial charge in [0.15, 0.2) is 0 Å². The number of rotatable bonds is 9. The molecule has 1 amide bonds. The lowest BCUT2D eigenvalue weighted by atomic mass is 9.88. The number of carbonyl (C=O) groups excluding carboxylic acids is 3. The summed E-state index contributed by atoms with van der Waals surface area (Å²) in [7, 11) is 0.986. The van der Waals surface area contributed by atoms with E-state index in [2.05, 4.69) is 5.32 Å². The maximum atomic E-state index is 12.0. The number of ether oxygens (including phenoxy) is 2. The standard InChI is InChI=1S/C15H25NO10/c1-7(18)3-4-10(21)16-11-8(19)5-15(25-2,14(23)24)26-13(11)12(22)9(20)6-17/h8-9,11-13,17,19-20,22H,3-6H2,1-2H3,(H,16,21)(H,23,24)/p-1/t8-,9+,11+,12+,13?,15+/m0/s1. The molecule has 0 radical (unpaired) electrons. The van der Waals surface area contributed by atoms with Gasteiger partial charge in [0.2, 0.25) is 11.7 Å². The van der Waals surface area contributed by atoms with Crippen LogP contribution < -0.4 is 10.4 Å². The van der Waals surface area contributed by atoms with Crippen molar-refractivity contribution in [2.45, 2.75) is 62.4 Å². The summed E-state index contributed by atoms with van der Waals surface area (Å²) in [5.74, 6) is -5.12. The number of hydrogen-bond acceptors (Lipinski definition) is 10. The summed E-state index contributed by atoms with van der Waals surface area (Å²) in [4.78, 5) is 34.3. The molecule has 0 saturated carbocycles. The van der Waals surface area contributed by atoms with Crippen LogP contribution in [0.15, 0.2) is 0 Å². The molecule has 1 unspecified atom stereocenters. The van der Waals surface area contributed by atoms with E-state index in [0.717, 1.165) is 7.11 Å². The number of aliphatic hydroxyl groups is 4. The smallest absolute Gasteiger partial charge is 0.220 e. The Kier molecular flexibility index (Phi) is 8.06. The molecule has 5 N–H and O–H groups in total. The second-order valence-electron chi connectivity index (χ2n) is 6.13. The topological polar surface area (TPSA) is 186 Å². The summed E-state index contributed by atoms with van der Waals surface area (Å²) < 4.78 is 10.0. The Morgan fingerprint density at radius 2 is 1.96 bits per heavy atom. The van der Waals surface area contributed by atoms with Gasteiger partial charge in [-0.15, -0.1) is 0 Å². The normalized spacial score (nSPS) is 31.1. The Morgan fingerprint density at radius 1 is 1.35 bits per heavy atom. The second-order valence-corrected chi connectivity index (χ2v) is 6.13. The Hall–Kier alpha value is -1.63. The van der Waals surface area contributed by atoms with Gasteiger partial charge < -0.3 is 49.9 Å². The number of methoxy groups -OCH3 is 1. The number of carboxylic acids is 1. The van der Waals surface area contributed by atoms with E-state index in [1.807, 2.05) is 0 Å². The third-order valence-corrected chi connectivity index (χ3v) is 4.16. The highest BCUT2D eigenvalue weighted by Gasteiger charge is 2.52. The highest BCUT2D eigenvalue weighted by Crippen LogP contribution is 2.32. The summed E-state index contributed by atoms with van der Waals surface area (Å²) in [5, 5.41) is 52.8. The van der Waals surface area contributed by atoms with Crippen molar-refractivity contribution in [2.24, 2.45) is 0 Å². The van der Waals surface area contributed by atoms with Crippen LogP contribution in [-0.2, 0) is 23.9 Å². The van der Waals surface area contributed by atoms with Crippen LogP contribution in [0.2, 0.25) is 0 Å². The zero-order valence-electron chi connectivity index (χ0n) is 14.5. The maximum Gasteiger partial charge on any atom is 0.220 e. The monoisotopic (exact) mass is 378 g/mol. The molecule has 1 saturated heterocycles. The lowest BCUT2D eigenvalue weighted by Crippen LogP contribution is -2.69.